The third kappa shape index (κ3) is 18.6. The summed E-state index contributed by atoms with van der Waals surface area (Å²) in [7, 11) is 0. The van der Waals surface area contributed by atoms with Crippen molar-refractivity contribution in [2.45, 2.75) is 0 Å². The van der Waals surface area contributed by atoms with Gasteiger partial charge in [0.15, 0.2) is 0 Å². The topological polar surface area (TPSA) is 0 Å². The van der Waals surface area contributed by atoms with Crippen molar-refractivity contribution in [2.24, 2.45) is 0 Å². The van der Waals surface area contributed by atoms with Crippen LogP contribution in [-0.4, -0.2) is 0 Å². The zero-order valence-corrected chi connectivity index (χ0v) is 12.6. The normalized spacial score (nSPS) is 0. The van der Waals surface area contributed by atoms with Crippen LogP contribution in [0.1, 0.15) is 0 Å². The standard InChI is InChI=1S/Mo.Nb.Ta.Ti.V. The van der Waals surface area contributed by atoms with E-state index in [2.05, 4.69) is 0 Å². The molecule has 0 unspecified atom stereocenters. The average Bonchev–Trinajstić information content (AvgIpc) is 0. The van der Waals surface area contributed by atoms with Gasteiger partial charge in [0.05, 0.1) is 0 Å². The third-order valence-electron chi connectivity index (χ3n) is 0. The van der Waals surface area contributed by atoms with Gasteiger partial charge >= 0.3 is 0 Å². The third-order valence-corrected chi connectivity index (χ3v) is 0. The van der Waals surface area contributed by atoms with E-state index in [9.17, 15) is 0 Å². The summed E-state index contributed by atoms with van der Waals surface area (Å²) in [6, 6.07) is 0. The van der Waals surface area contributed by atoms with Crippen molar-refractivity contribution in [3.8, 4) is 0 Å². The van der Waals surface area contributed by atoms with Crippen molar-refractivity contribution >= 4 is 0 Å². The molecular formula is MoNbTaTiV. The maximum atomic E-state index is 0. The average molecular weight is 469 g/mol. The molecule has 25 valence electrons. The van der Waals surface area contributed by atoms with Gasteiger partial charge in [-0.25, -0.2) is 0 Å². The predicted octanol–water partition coefficient (Wildman–Crippen LogP) is -0.0125. The summed E-state index contributed by atoms with van der Waals surface area (Å²) >= 11 is 0. The molecule has 5 heteroatoms. The van der Waals surface area contributed by atoms with Gasteiger partial charge in [0.25, 0.3) is 0 Å². The van der Waals surface area contributed by atoms with Crippen molar-refractivity contribution in [3.05, 3.63) is 0 Å². The molecule has 0 aromatic rings. The summed E-state index contributed by atoms with van der Waals surface area (Å²) in [4.78, 5) is 0. The zero-order chi connectivity index (χ0) is 0. The van der Waals surface area contributed by atoms with Crippen LogP contribution >= 0.6 is 0 Å². The first-order chi connectivity index (χ1) is 0. The van der Waals surface area contributed by atoms with Gasteiger partial charge in [0, 0.05) is 106 Å². The molecule has 0 saturated heterocycles. The van der Waals surface area contributed by atoms with E-state index >= 15 is 0 Å². The Balaban J connectivity index is 0. The van der Waals surface area contributed by atoms with Crippen molar-refractivity contribution in [1.29, 1.82) is 0 Å². The fraction of sp³-hybridized carbons (Fsp3) is 0. The Kier molecular flexibility index (Phi) is 204. The van der Waals surface area contributed by atoms with Crippen LogP contribution in [0.4, 0.5) is 0 Å². The Labute approximate surface area is 104 Å². The largest absolute Gasteiger partial charge is 0 e. The van der Waals surface area contributed by atoms with Gasteiger partial charge in [-0.1, -0.05) is 0 Å². The molecule has 0 aliphatic rings. The minimum Gasteiger partial charge on any atom is 0 e. The molecule has 0 fully saturated rings. The predicted molar refractivity (Wildman–Crippen MR) is 0 cm³/mol. The molecule has 0 aromatic heterocycles. The molecule has 0 spiro atoms. The van der Waals surface area contributed by atoms with E-state index in [-0.39, 0.29) is 106 Å². The molecule has 0 rings (SSSR count). The van der Waals surface area contributed by atoms with Gasteiger partial charge in [-0.05, 0) is 0 Å². The second kappa shape index (κ2) is 26.0. The molecule has 0 aromatic carbocycles. The van der Waals surface area contributed by atoms with Crippen molar-refractivity contribution in [2.75, 3.05) is 0 Å². The molecule has 3 radical (unpaired) electrons. The summed E-state index contributed by atoms with van der Waals surface area (Å²) in [6.07, 6.45) is 0. The molecule has 0 atom stereocenters. The molecule has 5 heavy (non-hydrogen) atoms. The van der Waals surface area contributed by atoms with E-state index in [1.807, 2.05) is 0 Å². The first-order valence-corrected chi connectivity index (χ1v) is 0. The Morgan fingerprint density at radius 3 is 1.00 bits per heavy atom. The van der Waals surface area contributed by atoms with E-state index in [1.54, 1.807) is 0 Å². The van der Waals surface area contributed by atoms with Gasteiger partial charge in [-0.15, -0.1) is 0 Å². The van der Waals surface area contributed by atoms with Crippen molar-refractivity contribution in [1.82, 2.24) is 0 Å². The van der Waals surface area contributed by atoms with Crippen LogP contribution in [-0.2, 0) is 106 Å². The van der Waals surface area contributed by atoms with Crippen LogP contribution < -0.4 is 0 Å². The molecular weight excluding hydrogens is 469 g/mol. The van der Waals surface area contributed by atoms with Gasteiger partial charge in [-0.2, -0.15) is 0 Å². The maximum Gasteiger partial charge on any atom is 0 e. The molecule has 0 aliphatic heterocycles. The Morgan fingerprint density at radius 1 is 1.00 bits per heavy atom. The molecule has 0 bridgehead atoms. The minimum absolute atomic E-state index is 0. The van der Waals surface area contributed by atoms with Gasteiger partial charge in [0.1, 0.15) is 0 Å². The zero-order valence-electron chi connectivity index (χ0n) is 2.25. The maximum absolute atomic E-state index is 0. The number of rotatable bonds is 0. The minimum atomic E-state index is 0. The van der Waals surface area contributed by atoms with Crippen LogP contribution in [0.3, 0.4) is 0 Å². The second-order valence-corrected chi connectivity index (χ2v) is 0. The van der Waals surface area contributed by atoms with Gasteiger partial charge in [0.2, 0.25) is 0 Å². The van der Waals surface area contributed by atoms with Gasteiger partial charge < -0.3 is 0 Å². The second-order valence-electron chi connectivity index (χ2n) is 0. The fourth-order valence-corrected chi connectivity index (χ4v) is 0. The van der Waals surface area contributed by atoms with Crippen LogP contribution in [0, 0.1) is 0 Å². The molecule has 0 saturated carbocycles. The molecule has 0 aliphatic carbocycles. The monoisotopic (exact) mass is 471 g/mol. The SMILES string of the molecule is [Mo].[Nb].[Ta].[Ti].[V]. The van der Waals surface area contributed by atoms with Crippen LogP contribution in [0.2, 0.25) is 0 Å². The summed E-state index contributed by atoms with van der Waals surface area (Å²) in [5.41, 5.74) is 0. The van der Waals surface area contributed by atoms with Crippen LogP contribution in [0.5, 0.6) is 0 Å². The van der Waals surface area contributed by atoms with E-state index in [0.717, 1.165) is 0 Å². The fourth-order valence-electron chi connectivity index (χ4n) is 0. The van der Waals surface area contributed by atoms with E-state index in [0.29, 0.717) is 0 Å². The van der Waals surface area contributed by atoms with Crippen LogP contribution in [0.25, 0.3) is 0 Å². The summed E-state index contributed by atoms with van der Waals surface area (Å²) in [5, 5.41) is 0. The first-order valence-electron chi connectivity index (χ1n) is 0. The molecule has 0 heterocycles. The Morgan fingerprint density at radius 2 is 1.00 bits per heavy atom. The van der Waals surface area contributed by atoms with Crippen molar-refractivity contribution < 1.29 is 106 Å². The van der Waals surface area contributed by atoms with Crippen molar-refractivity contribution in [3.63, 3.8) is 0 Å². The smallest absolute Gasteiger partial charge is 0 e. The molecule has 0 amide bonds. The van der Waals surface area contributed by atoms with E-state index < -0.39 is 0 Å². The van der Waals surface area contributed by atoms with E-state index in [4.69, 9.17) is 0 Å². The van der Waals surface area contributed by atoms with Gasteiger partial charge in [-0.3, -0.25) is 0 Å². The molecule has 0 nitrogen and oxygen atoms in total. The number of hydrogen-bond donors (Lipinski definition) is 0. The first kappa shape index (κ1) is 39.3. The summed E-state index contributed by atoms with van der Waals surface area (Å²) in [5.74, 6) is 0. The van der Waals surface area contributed by atoms with E-state index in [1.165, 1.54) is 0 Å². The summed E-state index contributed by atoms with van der Waals surface area (Å²) in [6.45, 7) is 0. The Hall–Kier alpha value is 3.47. The van der Waals surface area contributed by atoms with Crippen LogP contribution in [0.15, 0.2) is 0 Å². The quantitative estimate of drug-likeness (QED) is 0.439. The molecule has 0 N–H and O–H groups in total. The summed E-state index contributed by atoms with van der Waals surface area (Å²) < 4.78 is 0. The Bertz CT molecular complexity index is 11.6. The number of hydrogen-bond acceptors (Lipinski definition) is 0.